The van der Waals surface area contributed by atoms with Crippen LogP contribution in [0.1, 0.15) is 49.0 Å². The summed E-state index contributed by atoms with van der Waals surface area (Å²) >= 11 is 0. The van der Waals surface area contributed by atoms with Crippen LogP contribution in [0.3, 0.4) is 0 Å². The lowest BCUT2D eigenvalue weighted by Crippen LogP contribution is -2.41. The van der Waals surface area contributed by atoms with E-state index in [1.807, 2.05) is 26.0 Å². The Balaban J connectivity index is 2.03. The van der Waals surface area contributed by atoms with Crippen molar-refractivity contribution in [2.45, 2.75) is 45.7 Å². The lowest BCUT2D eigenvalue weighted by atomic mass is 9.93. The minimum atomic E-state index is -0.350. The molecule has 3 rings (SSSR count). The molecule has 0 spiro atoms. The zero-order valence-electron chi connectivity index (χ0n) is 13.1. The fourth-order valence-electron chi connectivity index (χ4n) is 3.16. The SMILES string of the molecule is Cc1ccccc1[C@H]1CCc2c([nH]c(=O)n(C(C)C)c2=O)N1. The third-order valence-corrected chi connectivity index (χ3v) is 4.31. The van der Waals surface area contributed by atoms with Crippen LogP contribution in [0, 0.1) is 6.92 Å². The van der Waals surface area contributed by atoms with Crippen LogP contribution in [-0.2, 0) is 6.42 Å². The number of nitrogens with zero attached hydrogens (tertiary/aromatic N) is 1. The van der Waals surface area contributed by atoms with Crippen molar-refractivity contribution in [1.29, 1.82) is 0 Å². The fourth-order valence-corrected chi connectivity index (χ4v) is 3.16. The number of anilines is 1. The van der Waals surface area contributed by atoms with Crippen LogP contribution < -0.4 is 16.6 Å². The van der Waals surface area contributed by atoms with Gasteiger partial charge < -0.3 is 5.32 Å². The van der Waals surface area contributed by atoms with Gasteiger partial charge in [-0.3, -0.25) is 14.3 Å². The number of aryl methyl sites for hydroxylation is 1. The van der Waals surface area contributed by atoms with Crippen molar-refractivity contribution in [3.05, 3.63) is 61.8 Å². The molecule has 0 amide bonds. The first-order valence-corrected chi connectivity index (χ1v) is 7.68. The number of aromatic amines is 1. The van der Waals surface area contributed by atoms with Crippen molar-refractivity contribution in [2.24, 2.45) is 0 Å². The van der Waals surface area contributed by atoms with Crippen molar-refractivity contribution in [1.82, 2.24) is 9.55 Å². The highest BCUT2D eigenvalue weighted by Gasteiger charge is 2.25. The van der Waals surface area contributed by atoms with Crippen LogP contribution in [0.4, 0.5) is 5.82 Å². The van der Waals surface area contributed by atoms with Crippen LogP contribution in [0.25, 0.3) is 0 Å². The number of nitrogens with one attached hydrogen (secondary N) is 2. The number of hydrogen-bond donors (Lipinski definition) is 2. The van der Waals surface area contributed by atoms with E-state index in [0.717, 1.165) is 6.42 Å². The van der Waals surface area contributed by atoms with Gasteiger partial charge in [0.15, 0.2) is 0 Å². The van der Waals surface area contributed by atoms with Gasteiger partial charge in [-0.1, -0.05) is 24.3 Å². The zero-order chi connectivity index (χ0) is 15.9. The number of benzene rings is 1. The molecule has 0 radical (unpaired) electrons. The summed E-state index contributed by atoms with van der Waals surface area (Å²) in [5, 5.41) is 3.33. The van der Waals surface area contributed by atoms with E-state index in [1.165, 1.54) is 15.7 Å². The summed E-state index contributed by atoms with van der Waals surface area (Å²) < 4.78 is 1.29. The summed E-state index contributed by atoms with van der Waals surface area (Å²) in [6.07, 6.45) is 1.51. The van der Waals surface area contributed by atoms with Gasteiger partial charge in [-0.2, -0.15) is 0 Å². The minimum absolute atomic E-state index is 0.124. The Labute approximate surface area is 129 Å². The maximum atomic E-state index is 12.5. The molecule has 2 N–H and O–H groups in total. The average molecular weight is 299 g/mol. The normalized spacial score (nSPS) is 17.2. The summed E-state index contributed by atoms with van der Waals surface area (Å²) in [6, 6.07) is 8.17. The second-order valence-corrected chi connectivity index (χ2v) is 6.14. The molecule has 1 aromatic carbocycles. The molecule has 0 aliphatic carbocycles. The number of fused-ring (bicyclic) bond motifs is 1. The van der Waals surface area contributed by atoms with E-state index < -0.39 is 0 Å². The van der Waals surface area contributed by atoms with Crippen molar-refractivity contribution >= 4 is 5.82 Å². The Morgan fingerprint density at radius 2 is 1.95 bits per heavy atom. The highest BCUT2D eigenvalue weighted by atomic mass is 16.2. The van der Waals surface area contributed by atoms with Crippen LogP contribution in [0.15, 0.2) is 33.9 Å². The molecule has 1 aliphatic heterocycles. The molecular weight excluding hydrogens is 278 g/mol. The van der Waals surface area contributed by atoms with Crippen LogP contribution in [0.2, 0.25) is 0 Å². The summed E-state index contributed by atoms with van der Waals surface area (Å²) in [4.78, 5) is 27.5. The maximum absolute atomic E-state index is 12.5. The predicted octanol–water partition coefficient (Wildman–Crippen LogP) is 2.53. The topological polar surface area (TPSA) is 66.9 Å². The van der Waals surface area contributed by atoms with Gasteiger partial charge in [-0.15, -0.1) is 0 Å². The number of aromatic nitrogens is 2. The second kappa shape index (κ2) is 5.48. The standard InChI is InChI=1S/C17H21N3O2/c1-10(2)20-16(21)13-8-9-14(18-15(13)19-17(20)22)12-7-5-4-6-11(12)3/h4-7,10,14,18H,8-9H2,1-3H3,(H,19,22)/t14-/m1/s1. The Kier molecular flexibility index (Phi) is 3.64. The predicted molar refractivity (Wildman–Crippen MR) is 87.6 cm³/mol. The third kappa shape index (κ3) is 2.36. The molecule has 2 heterocycles. The average Bonchev–Trinajstić information content (AvgIpc) is 2.46. The molecule has 0 saturated carbocycles. The van der Waals surface area contributed by atoms with Gasteiger partial charge in [0, 0.05) is 6.04 Å². The minimum Gasteiger partial charge on any atom is -0.364 e. The van der Waals surface area contributed by atoms with Crippen molar-refractivity contribution < 1.29 is 0 Å². The summed E-state index contributed by atoms with van der Waals surface area (Å²) in [6.45, 7) is 5.76. The van der Waals surface area contributed by atoms with E-state index in [9.17, 15) is 9.59 Å². The van der Waals surface area contributed by atoms with Gasteiger partial charge in [0.1, 0.15) is 5.82 Å². The smallest absolute Gasteiger partial charge is 0.330 e. The van der Waals surface area contributed by atoms with E-state index in [-0.39, 0.29) is 23.3 Å². The Hall–Kier alpha value is -2.30. The quantitative estimate of drug-likeness (QED) is 0.895. The molecule has 0 bridgehead atoms. The molecule has 0 fully saturated rings. The molecule has 1 atom stereocenters. The lowest BCUT2D eigenvalue weighted by Gasteiger charge is -2.28. The first-order valence-electron chi connectivity index (χ1n) is 7.68. The number of H-pyrrole nitrogens is 1. The highest BCUT2D eigenvalue weighted by Crippen LogP contribution is 2.30. The van der Waals surface area contributed by atoms with Crippen LogP contribution in [0.5, 0.6) is 0 Å². The monoisotopic (exact) mass is 299 g/mol. The second-order valence-electron chi connectivity index (χ2n) is 6.14. The van der Waals surface area contributed by atoms with Gasteiger partial charge in [0.2, 0.25) is 0 Å². The molecule has 5 heteroatoms. The molecular formula is C17H21N3O2. The molecule has 2 aromatic rings. The van der Waals surface area contributed by atoms with Crippen LogP contribution >= 0.6 is 0 Å². The van der Waals surface area contributed by atoms with Gasteiger partial charge in [-0.05, 0) is 44.7 Å². The van der Waals surface area contributed by atoms with E-state index in [4.69, 9.17) is 0 Å². The van der Waals surface area contributed by atoms with Crippen LogP contribution in [-0.4, -0.2) is 9.55 Å². The number of rotatable bonds is 2. The molecule has 1 aromatic heterocycles. The largest absolute Gasteiger partial charge is 0.364 e. The van der Waals surface area contributed by atoms with E-state index in [1.54, 1.807) is 0 Å². The summed E-state index contributed by atoms with van der Waals surface area (Å²) in [5.74, 6) is 0.575. The molecule has 5 nitrogen and oxygen atoms in total. The number of hydrogen-bond acceptors (Lipinski definition) is 3. The van der Waals surface area contributed by atoms with Gasteiger partial charge in [0.05, 0.1) is 11.6 Å². The summed E-state index contributed by atoms with van der Waals surface area (Å²) in [7, 11) is 0. The molecule has 116 valence electrons. The van der Waals surface area contributed by atoms with Crippen molar-refractivity contribution in [3.8, 4) is 0 Å². The van der Waals surface area contributed by atoms with Gasteiger partial charge in [-0.25, -0.2) is 4.79 Å². The van der Waals surface area contributed by atoms with E-state index in [0.29, 0.717) is 17.8 Å². The third-order valence-electron chi connectivity index (χ3n) is 4.31. The lowest BCUT2D eigenvalue weighted by molar-refractivity contribution is 0.530. The fraction of sp³-hybridized carbons (Fsp3) is 0.412. The molecule has 1 aliphatic rings. The Morgan fingerprint density at radius 3 is 2.64 bits per heavy atom. The highest BCUT2D eigenvalue weighted by molar-refractivity contribution is 5.48. The first-order chi connectivity index (χ1) is 10.5. The Bertz CT molecular complexity index is 817. The van der Waals surface area contributed by atoms with Crippen molar-refractivity contribution in [2.75, 3.05) is 5.32 Å². The zero-order valence-corrected chi connectivity index (χ0v) is 13.1. The summed E-state index contributed by atoms with van der Waals surface area (Å²) in [5.41, 5.74) is 2.57. The van der Waals surface area contributed by atoms with Gasteiger partial charge in [0.25, 0.3) is 5.56 Å². The van der Waals surface area contributed by atoms with Crippen molar-refractivity contribution in [3.63, 3.8) is 0 Å². The van der Waals surface area contributed by atoms with Gasteiger partial charge >= 0.3 is 5.69 Å². The maximum Gasteiger partial charge on any atom is 0.330 e. The molecule has 0 unspecified atom stereocenters. The Morgan fingerprint density at radius 1 is 1.23 bits per heavy atom. The molecule has 0 saturated heterocycles. The van der Waals surface area contributed by atoms with E-state index >= 15 is 0 Å². The first kappa shape index (κ1) is 14.6. The van der Waals surface area contributed by atoms with E-state index in [2.05, 4.69) is 29.4 Å². The molecule has 22 heavy (non-hydrogen) atoms.